The van der Waals surface area contributed by atoms with Gasteiger partial charge in [0.25, 0.3) is 0 Å². The zero-order valence-electron chi connectivity index (χ0n) is 17.5. The van der Waals surface area contributed by atoms with Gasteiger partial charge in [-0.3, -0.25) is 9.48 Å². The maximum absolute atomic E-state index is 12.5. The number of nitrogens with zero attached hydrogens (tertiary/aromatic N) is 3. The summed E-state index contributed by atoms with van der Waals surface area (Å²) in [7, 11) is 0. The Hall–Kier alpha value is -1.55. The van der Waals surface area contributed by atoms with Crippen LogP contribution in [0.25, 0.3) is 0 Å². The maximum atomic E-state index is 12.5. The first-order valence-corrected chi connectivity index (χ1v) is 11.3. The molecule has 1 aliphatic carbocycles. The predicted octanol–water partition coefficient (Wildman–Crippen LogP) is 0.881. The van der Waals surface area contributed by atoms with Crippen LogP contribution in [-0.4, -0.2) is 69.2 Å². The van der Waals surface area contributed by atoms with Crippen molar-refractivity contribution in [1.29, 1.82) is 0 Å². The Balaban J connectivity index is 1.25. The van der Waals surface area contributed by atoms with Gasteiger partial charge in [-0.1, -0.05) is 18.1 Å². The first kappa shape index (κ1) is 21.7. The molecule has 3 aliphatic rings. The molecule has 1 aromatic heterocycles. The van der Waals surface area contributed by atoms with Crippen LogP contribution in [0.4, 0.5) is 0 Å². The highest BCUT2D eigenvalue weighted by molar-refractivity contribution is 5.79. The molecule has 30 heavy (non-hydrogen) atoms. The van der Waals surface area contributed by atoms with E-state index in [4.69, 9.17) is 9.47 Å². The Bertz CT molecular complexity index is 699. The third kappa shape index (κ3) is 5.01. The van der Waals surface area contributed by atoms with E-state index in [-0.39, 0.29) is 30.6 Å². The summed E-state index contributed by atoms with van der Waals surface area (Å²) in [4.78, 5) is 12.5. The number of hydrogen-bond acceptors (Lipinski definition) is 7. The largest absolute Gasteiger partial charge is 0.394 e. The Morgan fingerprint density at radius 1 is 1.23 bits per heavy atom. The molecule has 1 saturated carbocycles. The summed E-state index contributed by atoms with van der Waals surface area (Å²) >= 11 is 0. The zero-order valence-corrected chi connectivity index (χ0v) is 17.5. The molecule has 168 valence electrons. The molecule has 3 fully saturated rings. The summed E-state index contributed by atoms with van der Waals surface area (Å²) < 4.78 is 13.2. The van der Waals surface area contributed by atoms with Crippen molar-refractivity contribution in [2.75, 3.05) is 19.8 Å². The van der Waals surface area contributed by atoms with Gasteiger partial charge in [0.1, 0.15) is 17.4 Å². The fourth-order valence-electron chi connectivity index (χ4n) is 4.88. The molecule has 9 nitrogen and oxygen atoms in total. The molecule has 2 saturated heterocycles. The van der Waals surface area contributed by atoms with Gasteiger partial charge in [0.15, 0.2) is 0 Å². The number of aliphatic hydroxyl groups excluding tert-OH is 1. The number of amides is 1. The lowest BCUT2D eigenvalue weighted by Crippen LogP contribution is -2.52. The number of ether oxygens (including phenoxy) is 2. The summed E-state index contributed by atoms with van der Waals surface area (Å²) in [5.41, 5.74) is -0.161. The summed E-state index contributed by atoms with van der Waals surface area (Å²) in [6.07, 6.45) is 8.84. The van der Waals surface area contributed by atoms with Crippen LogP contribution in [0.1, 0.15) is 63.5 Å². The molecule has 0 radical (unpaired) electrons. The lowest BCUT2D eigenvalue weighted by atomic mass is 9.94. The minimum Gasteiger partial charge on any atom is -0.394 e. The second-order valence-corrected chi connectivity index (χ2v) is 8.95. The smallest absolute Gasteiger partial charge is 0.223 e. The van der Waals surface area contributed by atoms with E-state index in [2.05, 4.69) is 15.6 Å². The number of aliphatic hydroxyl groups is 2. The van der Waals surface area contributed by atoms with E-state index in [0.717, 1.165) is 57.8 Å². The van der Waals surface area contributed by atoms with E-state index in [1.165, 1.54) is 0 Å². The van der Waals surface area contributed by atoms with E-state index in [0.29, 0.717) is 25.5 Å². The summed E-state index contributed by atoms with van der Waals surface area (Å²) in [6, 6.07) is -0.156. The average Bonchev–Trinajstić information content (AvgIpc) is 3.44. The summed E-state index contributed by atoms with van der Waals surface area (Å²) in [6.45, 7) is 1.79. The van der Waals surface area contributed by atoms with Gasteiger partial charge in [-0.05, 0) is 44.9 Å². The van der Waals surface area contributed by atoms with Crippen molar-refractivity contribution in [3.63, 3.8) is 0 Å². The second kappa shape index (κ2) is 9.72. The van der Waals surface area contributed by atoms with Crippen molar-refractivity contribution in [2.24, 2.45) is 5.92 Å². The highest BCUT2D eigenvalue weighted by Gasteiger charge is 2.36. The summed E-state index contributed by atoms with van der Waals surface area (Å²) in [5, 5.41) is 31.9. The molecule has 4 rings (SSSR count). The van der Waals surface area contributed by atoms with E-state index in [1.807, 2.05) is 6.20 Å². The molecule has 2 aliphatic heterocycles. The topological polar surface area (TPSA) is 119 Å². The molecule has 9 heteroatoms. The van der Waals surface area contributed by atoms with E-state index in [1.54, 1.807) is 4.68 Å². The van der Waals surface area contributed by atoms with Crippen LogP contribution >= 0.6 is 0 Å². The number of aromatic nitrogens is 3. The maximum Gasteiger partial charge on any atom is 0.223 e. The van der Waals surface area contributed by atoms with Gasteiger partial charge in [0, 0.05) is 25.7 Å². The highest BCUT2D eigenvalue weighted by atomic mass is 16.5. The predicted molar refractivity (Wildman–Crippen MR) is 107 cm³/mol. The van der Waals surface area contributed by atoms with Crippen LogP contribution in [0.15, 0.2) is 6.20 Å². The van der Waals surface area contributed by atoms with Gasteiger partial charge < -0.3 is 25.0 Å². The van der Waals surface area contributed by atoms with Crippen LogP contribution in [0.3, 0.4) is 0 Å². The molecule has 3 atom stereocenters. The molecule has 1 aromatic rings. The van der Waals surface area contributed by atoms with Crippen molar-refractivity contribution < 1.29 is 24.5 Å². The number of hydrogen-bond donors (Lipinski definition) is 3. The molecule has 0 spiro atoms. The van der Waals surface area contributed by atoms with Crippen molar-refractivity contribution in [3.8, 4) is 0 Å². The number of aryl methyl sites for hydroxylation is 1. The van der Waals surface area contributed by atoms with Gasteiger partial charge in [-0.25, -0.2) is 0 Å². The van der Waals surface area contributed by atoms with Crippen molar-refractivity contribution in [2.45, 2.75) is 88.2 Å². The number of carbonyl (C=O) groups is 1. The molecular formula is C21H34N4O5. The van der Waals surface area contributed by atoms with E-state index >= 15 is 0 Å². The fourth-order valence-corrected chi connectivity index (χ4v) is 4.88. The molecule has 0 aromatic carbocycles. The fraction of sp³-hybridized carbons (Fsp3) is 0.857. The third-order valence-corrected chi connectivity index (χ3v) is 6.84. The molecule has 3 heterocycles. The van der Waals surface area contributed by atoms with Crippen molar-refractivity contribution >= 4 is 5.91 Å². The van der Waals surface area contributed by atoms with Crippen LogP contribution < -0.4 is 5.32 Å². The van der Waals surface area contributed by atoms with Crippen LogP contribution in [0.5, 0.6) is 0 Å². The monoisotopic (exact) mass is 422 g/mol. The Labute approximate surface area is 177 Å². The number of carbonyl (C=O) groups excluding carboxylic acids is 1. The van der Waals surface area contributed by atoms with Crippen molar-refractivity contribution in [1.82, 2.24) is 20.3 Å². The van der Waals surface area contributed by atoms with Crippen LogP contribution in [0.2, 0.25) is 0 Å². The quantitative estimate of drug-likeness (QED) is 0.597. The van der Waals surface area contributed by atoms with Crippen LogP contribution in [0, 0.1) is 5.92 Å². The van der Waals surface area contributed by atoms with Gasteiger partial charge in [-0.15, -0.1) is 5.10 Å². The minimum atomic E-state index is -0.822. The normalized spacial score (nSPS) is 29.7. The van der Waals surface area contributed by atoms with Gasteiger partial charge in [-0.2, -0.15) is 0 Å². The Morgan fingerprint density at radius 2 is 2.00 bits per heavy atom. The van der Waals surface area contributed by atoms with Gasteiger partial charge >= 0.3 is 0 Å². The zero-order chi connectivity index (χ0) is 21.0. The molecule has 0 bridgehead atoms. The molecule has 3 N–H and O–H groups in total. The molecule has 1 amide bonds. The third-order valence-electron chi connectivity index (χ3n) is 6.84. The first-order valence-electron chi connectivity index (χ1n) is 11.3. The number of nitrogens with one attached hydrogen (secondary N) is 1. The number of rotatable bonds is 7. The average molecular weight is 423 g/mol. The lowest BCUT2D eigenvalue weighted by Gasteiger charge is -2.37. The Morgan fingerprint density at radius 3 is 2.73 bits per heavy atom. The lowest BCUT2D eigenvalue weighted by molar-refractivity contribution is -0.134. The first-order chi connectivity index (χ1) is 14.6. The van der Waals surface area contributed by atoms with Crippen LogP contribution in [-0.2, 0) is 26.4 Å². The van der Waals surface area contributed by atoms with Gasteiger partial charge in [0.2, 0.25) is 5.91 Å². The highest BCUT2D eigenvalue weighted by Crippen LogP contribution is 2.37. The van der Waals surface area contributed by atoms with E-state index in [9.17, 15) is 15.0 Å². The Kier molecular flexibility index (Phi) is 7.02. The standard InChI is InChI=1S/C21H34N4O5/c26-14-18-17(22-20(27)15-6-11-29-12-7-15)4-3-16(30-18)5-10-25-13-19(23-24-25)21(28)8-1-2-9-21/h13,15-18,26,28H,1-12,14H2,(H,22,27)/t16-,17-,18-/m1/s1. The molecule has 0 unspecified atom stereocenters. The SMILES string of the molecule is O=C(N[C@@H]1CC[C@H](CCn2cc(C3(O)CCCC3)nn2)O[C@@H]1CO)C1CCOCC1. The van der Waals surface area contributed by atoms with Gasteiger partial charge in [0.05, 0.1) is 24.9 Å². The minimum absolute atomic E-state index is 0.000555. The molecular weight excluding hydrogens is 388 g/mol. The summed E-state index contributed by atoms with van der Waals surface area (Å²) in [5.74, 6) is 0.0378. The second-order valence-electron chi connectivity index (χ2n) is 8.95. The van der Waals surface area contributed by atoms with Crippen molar-refractivity contribution in [3.05, 3.63) is 11.9 Å². The van der Waals surface area contributed by atoms with E-state index < -0.39 is 11.7 Å².